The quantitative estimate of drug-likeness (QED) is 0.462. The molecule has 0 bridgehead atoms. The fraction of sp³-hybridized carbons (Fsp3) is 0.632. The molecular formula is C19H31N5O. The highest BCUT2D eigenvalue weighted by molar-refractivity contribution is 5.78. The Morgan fingerprint density at radius 2 is 1.88 bits per heavy atom. The highest BCUT2D eigenvalue weighted by Crippen LogP contribution is 2.24. The molecule has 1 aromatic carbocycles. The molecule has 2 fully saturated rings. The van der Waals surface area contributed by atoms with Crippen LogP contribution in [0.5, 0.6) is 5.75 Å². The summed E-state index contributed by atoms with van der Waals surface area (Å²) >= 11 is 0. The third-order valence-electron chi connectivity index (χ3n) is 5.17. The van der Waals surface area contributed by atoms with Crippen LogP contribution < -0.4 is 15.4 Å². The highest BCUT2D eigenvalue weighted by Gasteiger charge is 2.27. The van der Waals surface area contributed by atoms with Gasteiger partial charge in [0.2, 0.25) is 0 Å². The summed E-state index contributed by atoms with van der Waals surface area (Å²) in [7, 11) is 3.75. The Morgan fingerprint density at radius 3 is 2.48 bits per heavy atom. The summed E-state index contributed by atoms with van der Waals surface area (Å²) in [5.41, 5.74) is 7.31. The standard InChI is InChI=1S/C19H31N5O/c1-22(16-4-5-16)19(20)21-10-3-11-23-12-14-24(15-13-23)17-6-8-18(25-2)9-7-17/h6-9,16H,3-5,10-15H2,1-2H3,(H2,20,21). The third-order valence-corrected chi connectivity index (χ3v) is 5.17. The van der Waals surface area contributed by atoms with Crippen molar-refractivity contribution in [3.63, 3.8) is 0 Å². The molecule has 6 nitrogen and oxygen atoms in total. The van der Waals surface area contributed by atoms with Gasteiger partial charge in [-0.3, -0.25) is 9.89 Å². The molecule has 6 heteroatoms. The van der Waals surface area contributed by atoms with Crippen molar-refractivity contribution in [2.75, 3.05) is 58.3 Å². The third kappa shape index (κ3) is 5.01. The monoisotopic (exact) mass is 345 g/mol. The summed E-state index contributed by atoms with van der Waals surface area (Å²) < 4.78 is 5.23. The highest BCUT2D eigenvalue weighted by atomic mass is 16.5. The van der Waals surface area contributed by atoms with Crippen molar-refractivity contribution < 1.29 is 4.74 Å². The summed E-state index contributed by atoms with van der Waals surface area (Å²) in [5.74, 6) is 1.61. The van der Waals surface area contributed by atoms with Crippen molar-refractivity contribution in [2.24, 2.45) is 10.7 Å². The average molecular weight is 345 g/mol. The Bertz CT molecular complexity index is 562. The number of nitrogens with two attached hydrogens (primary N) is 1. The van der Waals surface area contributed by atoms with Crippen molar-refractivity contribution in [2.45, 2.75) is 25.3 Å². The van der Waals surface area contributed by atoms with Crippen LogP contribution >= 0.6 is 0 Å². The van der Waals surface area contributed by atoms with Crippen molar-refractivity contribution in [3.8, 4) is 5.75 Å². The first-order valence-corrected chi connectivity index (χ1v) is 9.31. The Kier molecular flexibility index (Phi) is 6.02. The van der Waals surface area contributed by atoms with E-state index in [1.807, 2.05) is 12.1 Å². The molecule has 1 aromatic rings. The Hall–Kier alpha value is -1.95. The Labute approximate surface area is 151 Å². The zero-order valence-corrected chi connectivity index (χ0v) is 15.5. The van der Waals surface area contributed by atoms with Gasteiger partial charge in [-0.05, 0) is 43.5 Å². The van der Waals surface area contributed by atoms with Gasteiger partial charge in [0.15, 0.2) is 5.96 Å². The van der Waals surface area contributed by atoms with Gasteiger partial charge in [-0.25, -0.2) is 0 Å². The van der Waals surface area contributed by atoms with Gasteiger partial charge in [0, 0.05) is 58.0 Å². The van der Waals surface area contributed by atoms with Crippen LogP contribution in [0.4, 0.5) is 5.69 Å². The molecule has 0 radical (unpaired) electrons. The van der Waals surface area contributed by atoms with E-state index in [4.69, 9.17) is 10.5 Å². The summed E-state index contributed by atoms with van der Waals surface area (Å²) in [6.45, 7) is 6.27. The second kappa shape index (κ2) is 8.43. The summed E-state index contributed by atoms with van der Waals surface area (Å²) in [6.07, 6.45) is 3.58. The van der Waals surface area contributed by atoms with E-state index in [2.05, 4.69) is 38.9 Å². The van der Waals surface area contributed by atoms with E-state index in [0.717, 1.165) is 51.4 Å². The fourth-order valence-corrected chi connectivity index (χ4v) is 3.27. The molecule has 1 saturated heterocycles. The van der Waals surface area contributed by atoms with Gasteiger partial charge < -0.3 is 20.3 Å². The summed E-state index contributed by atoms with van der Waals surface area (Å²) in [6, 6.07) is 8.98. The lowest BCUT2D eigenvalue weighted by Crippen LogP contribution is -2.46. The minimum atomic E-state index is 0.634. The first-order chi connectivity index (χ1) is 12.2. The second-order valence-corrected chi connectivity index (χ2v) is 6.96. The Balaban J connectivity index is 1.35. The van der Waals surface area contributed by atoms with Gasteiger partial charge >= 0.3 is 0 Å². The first kappa shape index (κ1) is 17.9. The number of methoxy groups -OCH3 is 1. The molecule has 0 aromatic heterocycles. The maximum absolute atomic E-state index is 6.03. The van der Waals surface area contributed by atoms with Crippen molar-refractivity contribution >= 4 is 11.6 Å². The van der Waals surface area contributed by atoms with Gasteiger partial charge in [0.25, 0.3) is 0 Å². The zero-order chi connectivity index (χ0) is 17.6. The molecule has 2 aliphatic rings. The van der Waals surface area contributed by atoms with E-state index >= 15 is 0 Å². The lowest BCUT2D eigenvalue weighted by molar-refractivity contribution is 0.256. The molecule has 1 aliphatic heterocycles. The van der Waals surface area contributed by atoms with Crippen LogP contribution in [0.3, 0.4) is 0 Å². The normalized spacial score (nSPS) is 19.1. The van der Waals surface area contributed by atoms with E-state index in [0.29, 0.717) is 12.0 Å². The van der Waals surface area contributed by atoms with E-state index < -0.39 is 0 Å². The largest absolute Gasteiger partial charge is 0.497 e. The number of piperazine rings is 1. The number of rotatable bonds is 7. The fourth-order valence-electron chi connectivity index (χ4n) is 3.27. The van der Waals surface area contributed by atoms with Crippen LogP contribution in [0.25, 0.3) is 0 Å². The zero-order valence-electron chi connectivity index (χ0n) is 15.5. The van der Waals surface area contributed by atoms with Crippen molar-refractivity contribution in [3.05, 3.63) is 24.3 Å². The number of guanidine groups is 1. The molecule has 1 saturated carbocycles. The molecule has 1 heterocycles. The minimum Gasteiger partial charge on any atom is -0.497 e. The van der Waals surface area contributed by atoms with Gasteiger partial charge in [0.05, 0.1) is 7.11 Å². The number of aliphatic imine (C=N–C) groups is 1. The average Bonchev–Trinajstić information content (AvgIpc) is 3.50. The topological polar surface area (TPSA) is 57.3 Å². The van der Waals surface area contributed by atoms with E-state index in [1.54, 1.807) is 7.11 Å². The molecule has 0 spiro atoms. The van der Waals surface area contributed by atoms with Gasteiger partial charge in [-0.2, -0.15) is 0 Å². The maximum atomic E-state index is 6.03. The number of ether oxygens (including phenoxy) is 1. The number of anilines is 1. The Morgan fingerprint density at radius 1 is 1.20 bits per heavy atom. The van der Waals surface area contributed by atoms with Crippen LogP contribution in [-0.4, -0.2) is 75.2 Å². The van der Waals surface area contributed by atoms with Crippen LogP contribution in [0.2, 0.25) is 0 Å². The molecule has 138 valence electrons. The number of nitrogens with zero attached hydrogens (tertiary/aromatic N) is 4. The van der Waals surface area contributed by atoms with E-state index in [-0.39, 0.29) is 0 Å². The first-order valence-electron chi connectivity index (χ1n) is 9.31. The predicted octanol–water partition coefficient (Wildman–Crippen LogP) is 1.62. The molecule has 25 heavy (non-hydrogen) atoms. The molecule has 2 N–H and O–H groups in total. The van der Waals surface area contributed by atoms with Crippen LogP contribution in [0.1, 0.15) is 19.3 Å². The van der Waals surface area contributed by atoms with Gasteiger partial charge in [0.1, 0.15) is 5.75 Å². The lowest BCUT2D eigenvalue weighted by Gasteiger charge is -2.36. The molecule has 3 rings (SSSR count). The second-order valence-electron chi connectivity index (χ2n) is 6.96. The molecule has 1 aliphatic carbocycles. The summed E-state index contributed by atoms with van der Waals surface area (Å²) in [5, 5.41) is 0. The molecule has 0 atom stereocenters. The number of hydrogen-bond acceptors (Lipinski definition) is 4. The van der Waals surface area contributed by atoms with Gasteiger partial charge in [-0.15, -0.1) is 0 Å². The van der Waals surface area contributed by atoms with Crippen LogP contribution in [0, 0.1) is 0 Å². The maximum Gasteiger partial charge on any atom is 0.191 e. The molecule has 0 amide bonds. The van der Waals surface area contributed by atoms with E-state index in [9.17, 15) is 0 Å². The summed E-state index contributed by atoms with van der Waals surface area (Å²) in [4.78, 5) is 11.6. The minimum absolute atomic E-state index is 0.634. The molecule has 0 unspecified atom stereocenters. The van der Waals surface area contributed by atoms with Crippen LogP contribution in [-0.2, 0) is 0 Å². The molecular weight excluding hydrogens is 314 g/mol. The smallest absolute Gasteiger partial charge is 0.191 e. The number of hydrogen-bond donors (Lipinski definition) is 1. The SMILES string of the molecule is COc1ccc(N2CCN(CCCN=C(N)N(C)C3CC3)CC2)cc1. The van der Waals surface area contributed by atoms with Crippen molar-refractivity contribution in [1.29, 1.82) is 0 Å². The number of benzene rings is 1. The lowest BCUT2D eigenvalue weighted by atomic mass is 10.2. The van der Waals surface area contributed by atoms with Gasteiger partial charge in [-0.1, -0.05) is 0 Å². The van der Waals surface area contributed by atoms with Crippen molar-refractivity contribution in [1.82, 2.24) is 9.80 Å². The van der Waals surface area contributed by atoms with Crippen LogP contribution in [0.15, 0.2) is 29.3 Å². The van der Waals surface area contributed by atoms with E-state index in [1.165, 1.54) is 18.5 Å². The predicted molar refractivity (Wildman–Crippen MR) is 104 cm³/mol.